The van der Waals surface area contributed by atoms with Crippen molar-refractivity contribution in [3.05, 3.63) is 89.0 Å². The number of ether oxygens (including phenoxy) is 1. The standard InChI is InChI=1S/C29H31N3O4S2/c1-20-16-21(2)27-26(17-20)37-29(30-27)32(18-22-8-5-4-6-9-22)28(33)23-11-13-25(14-12-23)38(34,35)31(3)19-24-10-7-15-36-24/h4-6,8-9,11-14,16-17,24H,7,10,15,18-19H2,1-3H3. The van der Waals surface area contributed by atoms with Gasteiger partial charge < -0.3 is 4.74 Å². The lowest BCUT2D eigenvalue weighted by Gasteiger charge is -2.22. The van der Waals surface area contributed by atoms with E-state index in [0.717, 1.165) is 39.7 Å². The number of hydrogen-bond acceptors (Lipinski definition) is 6. The summed E-state index contributed by atoms with van der Waals surface area (Å²) in [5, 5.41) is 0.607. The quantitative estimate of drug-likeness (QED) is 0.288. The maximum Gasteiger partial charge on any atom is 0.260 e. The largest absolute Gasteiger partial charge is 0.377 e. The van der Waals surface area contributed by atoms with Crippen LogP contribution in [0.25, 0.3) is 10.2 Å². The number of sulfonamides is 1. The lowest BCUT2D eigenvalue weighted by atomic mass is 10.1. The van der Waals surface area contributed by atoms with Crippen LogP contribution in [0.1, 0.15) is 39.9 Å². The van der Waals surface area contributed by atoms with Gasteiger partial charge in [0.15, 0.2) is 5.13 Å². The Labute approximate surface area is 227 Å². The van der Waals surface area contributed by atoms with Crippen molar-refractivity contribution < 1.29 is 17.9 Å². The highest BCUT2D eigenvalue weighted by Gasteiger charge is 2.27. The van der Waals surface area contributed by atoms with Crippen LogP contribution in [0.5, 0.6) is 0 Å². The van der Waals surface area contributed by atoms with E-state index < -0.39 is 10.0 Å². The van der Waals surface area contributed by atoms with E-state index in [-0.39, 0.29) is 16.9 Å². The Hall–Kier alpha value is -3.11. The van der Waals surface area contributed by atoms with Gasteiger partial charge in [-0.3, -0.25) is 9.69 Å². The van der Waals surface area contributed by atoms with Gasteiger partial charge >= 0.3 is 0 Å². The third-order valence-electron chi connectivity index (χ3n) is 6.77. The molecule has 198 valence electrons. The number of nitrogens with zero attached hydrogens (tertiary/aromatic N) is 3. The van der Waals surface area contributed by atoms with Gasteiger partial charge in [0.05, 0.1) is 27.8 Å². The van der Waals surface area contributed by atoms with Gasteiger partial charge in [0.25, 0.3) is 5.91 Å². The molecule has 0 N–H and O–H groups in total. The molecular formula is C29H31N3O4S2. The number of carbonyl (C=O) groups excluding carboxylic acids is 1. The molecule has 5 rings (SSSR count). The molecule has 1 aromatic heterocycles. The molecule has 1 atom stereocenters. The van der Waals surface area contributed by atoms with Crippen molar-refractivity contribution in [3.63, 3.8) is 0 Å². The third-order valence-corrected chi connectivity index (χ3v) is 9.64. The average molecular weight is 550 g/mol. The summed E-state index contributed by atoms with van der Waals surface area (Å²) in [6, 6.07) is 20.1. The van der Waals surface area contributed by atoms with Gasteiger partial charge in [-0.05, 0) is 73.7 Å². The van der Waals surface area contributed by atoms with E-state index in [1.54, 1.807) is 24.1 Å². The second-order valence-corrected chi connectivity index (χ2v) is 12.8. The molecule has 9 heteroatoms. The molecule has 4 aromatic rings. The van der Waals surface area contributed by atoms with E-state index in [4.69, 9.17) is 9.72 Å². The van der Waals surface area contributed by atoms with Gasteiger partial charge in [-0.2, -0.15) is 4.31 Å². The number of likely N-dealkylation sites (N-methyl/N-ethyl adjacent to an activating group) is 1. The van der Waals surface area contributed by atoms with Crippen LogP contribution in [0.4, 0.5) is 5.13 Å². The Kier molecular flexibility index (Phi) is 7.63. The molecular weight excluding hydrogens is 518 g/mol. The summed E-state index contributed by atoms with van der Waals surface area (Å²) < 4.78 is 34.2. The van der Waals surface area contributed by atoms with E-state index >= 15 is 0 Å². The molecule has 1 amide bonds. The number of hydrogen-bond donors (Lipinski definition) is 0. The smallest absolute Gasteiger partial charge is 0.260 e. The van der Waals surface area contributed by atoms with Crippen LogP contribution >= 0.6 is 11.3 Å². The summed E-state index contributed by atoms with van der Waals surface area (Å²) in [5.41, 5.74) is 4.47. The summed E-state index contributed by atoms with van der Waals surface area (Å²) in [6.07, 6.45) is 1.72. The number of fused-ring (bicyclic) bond motifs is 1. The van der Waals surface area contributed by atoms with Gasteiger partial charge in [0, 0.05) is 25.8 Å². The van der Waals surface area contributed by atoms with Crippen molar-refractivity contribution in [2.75, 3.05) is 25.1 Å². The Bertz CT molecular complexity index is 1540. The molecule has 1 unspecified atom stereocenters. The molecule has 3 aromatic carbocycles. The predicted octanol–water partition coefficient (Wildman–Crippen LogP) is 5.56. The number of carbonyl (C=O) groups is 1. The van der Waals surface area contributed by atoms with E-state index in [9.17, 15) is 13.2 Å². The molecule has 0 aliphatic carbocycles. The topological polar surface area (TPSA) is 79.8 Å². The normalized spacial score (nSPS) is 15.8. The summed E-state index contributed by atoms with van der Waals surface area (Å²) >= 11 is 1.48. The fourth-order valence-corrected chi connectivity index (χ4v) is 7.09. The fraction of sp³-hybridized carbons (Fsp3) is 0.310. The highest BCUT2D eigenvalue weighted by Crippen LogP contribution is 2.33. The number of thiazole rings is 1. The zero-order valence-electron chi connectivity index (χ0n) is 21.8. The first-order chi connectivity index (χ1) is 18.2. The van der Waals surface area contributed by atoms with Crippen LogP contribution in [0, 0.1) is 13.8 Å². The molecule has 1 aliphatic rings. The maximum absolute atomic E-state index is 13.8. The van der Waals surface area contributed by atoms with Crippen LogP contribution < -0.4 is 4.90 Å². The first-order valence-corrected chi connectivity index (χ1v) is 14.9. The van der Waals surface area contributed by atoms with E-state index in [1.807, 2.05) is 44.2 Å². The number of anilines is 1. The summed E-state index contributed by atoms with van der Waals surface area (Å²) in [5.74, 6) is -0.237. The van der Waals surface area contributed by atoms with Gasteiger partial charge in [-0.1, -0.05) is 47.7 Å². The van der Waals surface area contributed by atoms with Crippen molar-refractivity contribution in [3.8, 4) is 0 Å². The SMILES string of the molecule is Cc1cc(C)c2nc(N(Cc3ccccc3)C(=O)c3ccc(S(=O)(=O)N(C)CC4CCCO4)cc3)sc2c1. The summed E-state index contributed by atoms with van der Waals surface area (Å²) in [7, 11) is -2.13. The van der Waals surface area contributed by atoms with Gasteiger partial charge in [-0.15, -0.1) is 0 Å². The molecule has 0 saturated carbocycles. The molecule has 2 heterocycles. The summed E-state index contributed by atoms with van der Waals surface area (Å²) in [6.45, 7) is 5.40. The minimum atomic E-state index is -3.70. The molecule has 0 bridgehead atoms. The molecule has 0 radical (unpaired) electrons. The molecule has 0 spiro atoms. The second kappa shape index (κ2) is 10.9. The zero-order valence-corrected chi connectivity index (χ0v) is 23.4. The van der Waals surface area contributed by atoms with Gasteiger partial charge in [0.2, 0.25) is 10.0 Å². The molecule has 7 nitrogen and oxygen atoms in total. The summed E-state index contributed by atoms with van der Waals surface area (Å²) in [4.78, 5) is 20.5. The lowest BCUT2D eigenvalue weighted by Crippen LogP contribution is -2.34. The Balaban J connectivity index is 1.44. The predicted molar refractivity (Wildman–Crippen MR) is 151 cm³/mol. The number of amides is 1. The van der Waals surface area contributed by atoms with Crippen LogP contribution in [0.2, 0.25) is 0 Å². The zero-order chi connectivity index (χ0) is 26.9. The average Bonchev–Trinajstić information content (AvgIpc) is 3.57. The van der Waals surface area contributed by atoms with Crippen molar-refractivity contribution in [1.82, 2.24) is 9.29 Å². The minimum Gasteiger partial charge on any atom is -0.377 e. The Morgan fingerprint density at radius 2 is 1.82 bits per heavy atom. The van der Waals surface area contributed by atoms with Crippen LogP contribution in [0.3, 0.4) is 0 Å². The number of aromatic nitrogens is 1. The van der Waals surface area contributed by atoms with Crippen molar-refractivity contribution in [2.45, 2.75) is 44.2 Å². The highest BCUT2D eigenvalue weighted by molar-refractivity contribution is 7.89. The Morgan fingerprint density at radius 3 is 2.50 bits per heavy atom. The first-order valence-electron chi connectivity index (χ1n) is 12.6. The van der Waals surface area contributed by atoms with Crippen LogP contribution in [-0.2, 0) is 21.3 Å². The molecule has 38 heavy (non-hydrogen) atoms. The first kappa shape index (κ1) is 26.5. The maximum atomic E-state index is 13.8. The van der Waals surface area contributed by atoms with Gasteiger partial charge in [-0.25, -0.2) is 13.4 Å². The van der Waals surface area contributed by atoms with Crippen LogP contribution in [-0.4, -0.2) is 49.9 Å². The van der Waals surface area contributed by atoms with E-state index in [1.165, 1.54) is 27.8 Å². The van der Waals surface area contributed by atoms with Crippen molar-refractivity contribution in [2.24, 2.45) is 0 Å². The Morgan fingerprint density at radius 1 is 1.08 bits per heavy atom. The monoisotopic (exact) mass is 549 g/mol. The lowest BCUT2D eigenvalue weighted by molar-refractivity contribution is 0.0978. The highest BCUT2D eigenvalue weighted by atomic mass is 32.2. The second-order valence-electron chi connectivity index (χ2n) is 9.75. The van der Waals surface area contributed by atoms with Crippen molar-refractivity contribution in [1.29, 1.82) is 0 Å². The minimum absolute atomic E-state index is 0.0802. The number of benzene rings is 3. The third kappa shape index (κ3) is 5.51. The molecule has 1 aliphatic heterocycles. The molecule has 1 saturated heterocycles. The van der Waals surface area contributed by atoms with Crippen molar-refractivity contribution >= 4 is 42.6 Å². The van der Waals surface area contributed by atoms with Gasteiger partial charge in [0.1, 0.15) is 0 Å². The fourth-order valence-electron chi connectivity index (χ4n) is 4.75. The molecule has 1 fully saturated rings. The van der Waals surface area contributed by atoms with E-state index in [2.05, 4.69) is 12.1 Å². The van der Waals surface area contributed by atoms with E-state index in [0.29, 0.717) is 30.4 Å². The number of aryl methyl sites for hydroxylation is 2. The number of rotatable bonds is 8. The van der Waals surface area contributed by atoms with Crippen LogP contribution in [0.15, 0.2) is 71.6 Å².